The molecule has 0 aliphatic rings. The van der Waals surface area contributed by atoms with Gasteiger partial charge in [-0.05, 0) is 33.6 Å². The minimum absolute atomic E-state index is 0.819. The van der Waals surface area contributed by atoms with Crippen molar-refractivity contribution in [3.8, 4) is 0 Å². The molecule has 2 heteroatoms. The first-order valence-electron chi connectivity index (χ1n) is 3.53. The first kappa shape index (κ1) is 11.7. The zero-order valence-corrected chi connectivity index (χ0v) is 7.15. The SMILES string of the molecule is CCCN.CCN(C)C. The van der Waals surface area contributed by atoms with Gasteiger partial charge in [-0.15, -0.1) is 0 Å². The third kappa shape index (κ3) is 32.6. The van der Waals surface area contributed by atoms with E-state index in [1.807, 2.05) is 0 Å². The Morgan fingerprint density at radius 2 is 1.44 bits per heavy atom. The minimum atomic E-state index is 0.819. The highest BCUT2D eigenvalue weighted by molar-refractivity contribution is 4.25. The molecular weight excluding hydrogens is 112 g/mol. The van der Waals surface area contributed by atoms with Gasteiger partial charge in [-0.2, -0.15) is 0 Å². The van der Waals surface area contributed by atoms with Crippen LogP contribution in [0, 0.1) is 0 Å². The van der Waals surface area contributed by atoms with Crippen LogP contribution >= 0.6 is 0 Å². The Balaban J connectivity index is 0. The maximum Gasteiger partial charge on any atom is -0.00533 e. The van der Waals surface area contributed by atoms with Crippen LogP contribution in [-0.4, -0.2) is 32.1 Å². The van der Waals surface area contributed by atoms with Crippen molar-refractivity contribution < 1.29 is 0 Å². The average Bonchev–Trinajstić information content (AvgIpc) is 1.89. The van der Waals surface area contributed by atoms with Crippen LogP contribution in [0.25, 0.3) is 0 Å². The fourth-order valence-corrected chi connectivity index (χ4v) is 0. The lowest BCUT2D eigenvalue weighted by Gasteiger charge is -2.00. The second-order valence-electron chi connectivity index (χ2n) is 2.18. The summed E-state index contributed by atoms with van der Waals surface area (Å²) >= 11 is 0. The van der Waals surface area contributed by atoms with Crippen LogP contribution in [0.2, 0.25) is 0 Å². The highest BCUT2D eigenvalue weighted by Gasteiger charge is 1.72. The quantitative estimate of drug-likeness (QED) is 0.605. The van der Waals surface area contributed by atoms with E-state index < -0.39 is 0 Å². The standard InChI is InChI=1S/C4H11N.C3H9N/c1-4-5(2)3;1-2-3-4/h4H2,1-3H3;2-4H2,1H3. The van der Waals surface area contributed by atoms with E-state index in [2.05, 4.69) is 32.8 Å². The van der Waals surface area contributed by atoms with E-state index in [4.69, 9.17) is 5.73 Å². The molecule has 0 aromatic heterocycles. The van der Waals surface area contributed by atoms with E-state index >= 15 is 0 Å². The summed E-state index contributed by atoms with van der Waals surface area (Å²) in [5, 5.41) is 0. The van der Waals surface area contributed by atoms with Gasteiger partial charge in [-0.25, -0.2) is 0 Å². The van der Waals surface area contributed by atoms with Crippen molar-refractivity contribution in [3.63, 3.8) is 0 Å². The van der Waals surface area contributed by atoms with Crippen LogP contribution in [0.5, 0.6) is 0 Å². The Kier molecular flexibility index (Phi) is 14.0. The largest absolute Gasteiger partial charge is 0.330 e. The molecule has 0 unspecified atom stereocenters. The number of hydrogen-bond donors (Lipinski definition) is 1. The van der Waals surface area contributed by atoms with Gasteiger partial charge in [0.1, 0.15) is 0 Å². The number of hydrogen-bond acceptors (Lipinski definition) is 2. The smallest absolute Gasteiger partial charge is 0.00533 e. The Labute approximate surface area is 59.0 Å². The molecule has 58 valence electrons. The normalized spacial score (nSPS) is 8.67. The van der Waals surface area contributed by atoms with Crippen molar-refractivity contribution in [2.24, 2.45) is 5.73 Å². The summed E-state index contributed by atoms with van der Waals surface area (Å²) in [6.07, 6.45) is 1.10. The Bertz CT molecular complexity index is 33.9. The maximum atomic E-state index is 5.03. The van der Waals surface area contributed by atoms with E-state index in [1.54, 1.807) is 0 Å². The summed E-state index contributed by atoms with van der Waals surface area (Å²) < 4.78 is 0. The molecule has 0 saturated heterocycles. The number of nitrogens with zero attached hydrogens (tertiary/aromatic N) is 1. The fourth-order valence-electron chi connectivity index (χ4n) is 0. The Morgan fingerprint density at radius 3 is 1.44 bits per heavy atom. The monoisotopic (exact) mass is 132 g/mol. The molecule has 0 spiro atoms. The van der Waals surface area contributed by atoms with E-state index in [0.29, 0.717) is 0 Å². The molecule has 0 bridgehead atoms. The van der Waals surface area contributed by atoms with Crippen molar-refractivity contribution in [1.29, 1.82) is 0 Å². The van der Waals surface area contributed by atoms with Gasteiger partial charge in [0, 0.05) is 0 Å². The van der Waals surface area contributed by atoms with Gasteiger partial charge in [-0.3, -0.25) is 0 Å². The molecule has 0 aliphatic carbocycles. The number of rotatable bonds is 2. The maximum absolute atomic E-state index is 5.03. The van der Waals surface area contributed by atoms with Crippen molar-refractivity contribution >= 4 is 0 Å². The van der Waals surface area contributed by atoms with Crippen molar-refractivity contribution in [2.75, 3.05) is 27.2 Å². The zero-order valence-electron chi connectivity index (χ0n) is 7.15. The van der Waals surface area contributed by atoms with Crippen LogP contribution in [0.15, 0.2) is 0 Å². The van der Waals surface area contributed by atoms with Crippen LogP contribution in [0.1, 0.15) is 20.3 Å². The Hall–Kier alpha value is -0.0800. The zero-order chi connectivity index (χ0) is 7.70. The van der Waals surface area contributed by atoms with Gasteiger partial charge >= 0.3 is 0 Å². The molecular formula is C7H20N2. The Morgan fingerprint density at radius 1 is 1.22 bits per heavy atom. The molecule has 0 rings (SSSR count). The molecule has 0 aromatic carbocycles. The predicted molar refractivity (Wildman–Crippen MR) is 43.6 cm³/mol. The molecule has 0 aliphatic heterocycles. The van der Waals surface area contributed by atoms with Gasteiger partial charge in [0.15, 0.2) is 0 Å². The van der Waals surface area contributed by atoms with Crippen LogP contribution < -0.4 is 5.73 Å². The summed E-state index contributed by atoms with van der Waals surface area (Å²) in [5.41, 5.74) is 5.03. The second-order valence-corrected chi connectivity index (χ2v) is 2.18. The summed E-state index contributed by atoms with van der Waals surface area (Å²) in [4.78, 5) is 2.12. The lowest BCUT2D eigenvalue weighted by Crippen LogP contribution is -2.08. The van der Waals surface area contributed by atoms with Crippen LogP contribution in [0.4, 0.5) is 0 Å². The van der Waals surface area contributed by atoms with Gasteiger partial charge in [0.25, 0.3) is 0 Å². The van der Waals surface area contributed by atoms with Gasteiger partial charge in [0.05, 0.1) is 0 Å². The van der Waals surface area contributed by atoms with Crippen LogP contribution in [0.3, 0.4) is 0 Å². The first-order chi connectivity index (χ1) is 4.18. The third-order valence-electron chi connectivity index (χ3n) is 0.921. The summed E-state index contributed by atoms with van der Waals surface area (Å²) in [7, 11) is 4.11. The van der Waals surface area contributed by atoms with E-state index in [1.165, 1.54) is 0 Å². The van der Waals surface area contributed by atoms with Gasteiger partial charge in [-0.1, -0.05) is 13.8 Å². The molecule has 0 saturated carbocycles. The topological polar surface area (TPSA) is 29.3 Å². The van der Waals surface area contributed by atoms with Crippen molar-refractivity contribution in [2.45, 2.75) is 20.3 Å². The lowest BCUT2D eigenvalue weighted by atomic mass is 10.5. The molecule has 0 atom stereocenters. The molecule has 2 nitrogen and oxygen atoms in total. The average molecular weight is 132 g/mol. The third-order valence-corrected chi connectivity index (χ3v) is 0.921. The van der Waals surface area contributed by atoms with Crippen LogP contribution in [-0.2, 0) is 0 Å². The van der Waals surface area contributed by atoms with E-state index in [-0.39, 0.29) is 0 Å². The van der Waals surface area contributed by atoms with E-state index in [9.17, 15) is 0 Å². The molecule has 0 amide bonds. The summed E-state index contributed by atoms with van der Waals surface area (Å²) in [5.74, 6) is 0. The lowest BCUT2D eigenvalue weighted by molar-refractivity contribution is 0.434. The predicted octanol–water partition coefficient (Wildman–Crippen LogP) is 0.923. The number of nitrogens with two attached hydrogens (primary N) is 1. The van der Waals surface area contributed by atoms with Crippen molar-refractivity contribution in [1.82, 2.24) is 4.90 Å². The van der Waals surface area contributed by atoms with E-state index in [0.717, 1.165) is 19.5 Å². The molecule has 9 heavy (non-hydrogen) atoms. The molecule has 0 radical (unpaired) electrons. The second kappa shape index (κ2) is 10.8. The molecule has 0 aromatic rings. The van der Waals surface area contributed by atoms with Gasteiger partial charge in [0.2, 0.25) is 0 Å². The molecule has 0 heterocycles. The molecule has 0 fully saturated rings. The fraction of sp³-hybridized carbons (Fsp3) is 1.00. The highest BCUT2D eigenvalue weighted by Crippen LogP contribution is 1.63. The molecule has 2 N–H and O–H groups in total. The highest BCUT2D eigenvalue weighted by atomic mass is 15.0. The van der Waals surface area contributed by atoms with Crippen molar-refractivity contribution in [3.05, 3.63) is 0 Å². The minimum Gasteiger partial charge on any atom is -0.330 e. The summed E-state index contributed by atoms with van der Waals surface area (Å²) in [6.45, 7) is 6.14. The van der Waals surface area contributed by atoms with Gasteiger partial charge < -0.3 is 10.6 Å². The first-order valence-corrected chi connectivity index (χ1v) is 3.53. The summed E-state index contributed by atoms with van der Waals surface area (Å²) in [6, 6.07) is 0.